The smallest absolute Gasteiger partial charge is 0.328 e. The first kappa shape index (κ1) is 17.3. The number of carbonyl (C=O) groups excluding carboxylic acids is 1. The van der Waals surface area contributed by atoms with Gasteiger partial charge in [-0.25, -0.2) is 4.79 Å². The summed E-state index contributed by atoms with van der Waals surface area (Å²) in [5.41, 5.74) is 0.0792. The van der Waals surface area contributed by atoms with Gasteiger partial charge in [-0.1, -0.05) is 18.2 Å². The van der Waals surface area contributed by atoms with Crippen molar-refractivity contribution in [1.82, 2.24) is 5.32 Å². The Labute approximate surface area is 155 Å². The van der Waals surface area contributed by atoms with Crippen molar-refractivity contribution in [2.75, 3.05) is 6.54 Å². The maximum atomic E-state index is 12.8. The Morgan fingerprint density at radius 3 is 2.70 bits per heavy atom. The van der Waals surface area contributed by atoms with Crippen molar-refractivity contribution in [3.63, 3.8) is 0 Å². The van der Waals surface area contributed by atoms with Crippen molar-refractivity contribution >= 4 is 16.9 Å². The van der Waals surface area contributed by atoms with E-state index >= 15 is 0 Å². The molecule has 0 saturated carbocycles. The quantitative estimate of drug-likeness (QED) is 0.563. The molecule has 0 bridgehead atoms. The van der Waals surface area contributed by atoms with Gasteiger partial charge in [0.15, 0.2) is 0 Å². The summed E-state index contributed by atoms with van der Waals surface area (Å²) in [6.45, 7) is 2.48. The minimum Gasteiger partial charge on any atom is -0.457 e. The zero-order valence-corrected chi connectivity index (χ0v) is 14.9. The van der Waals surface area contributed by atoms with Crippen molar-refractivity contribution in [2.45, 2.75) is 25.8 Å². The summed E-state index contributed by atoms with van der Waals surface area (Å²) in [6.07, 6.45) is 1.72. The van der Waals surface area contributed by atoms with Crippen LogP contribution in [0.5, 0.6) is 17.2 Å². The van der Waals surface area contributed by atoms with Crippen molar-refractivity contribution in [1.29, 1.82) is 0 Å². The van der Waals surface area contributed by atoms with E-state index in [2.05, 4.69) is 5.32 Å². The van der Waals surface area contributed by atoms with Gasteiger partial charge < -0.3 is 19.2 Å². The van der Waals surface area contributed by atoms with Crippen molar-refractivity contribution < 1.29 is 18.7 Å². The zero-order valence-electron chi connectivity index (χ0n) is 14.9. The highest BCUT2D eigenvalue weighted by molar-refractivity contribution is 5.82. The van der Waals surface area contributed by atoms with E-state index in [4.69, 9.17) is 13.9 Å². The number of ether oxygens (including phenoxy) is 2. The molecule has 1 aromatic heterocycles. The van der Waals surface area contributed by atoms with E-state index in [-0.39, 0.29) is 23.2 Å². The van der Waals surface area contributed by atoms with Crippen molar-refractivity contribution in [3.8, 4) is 17.2 Å². The van der Waals surface area contributed by atoms with Crippen LogP contribution in [0.1, 0.15) is 18.6 Å². The third-order valence-electron chi connectivity index (χ3n) is 4.51. The Bertz CT molecular complexity index is 1040. The van der Waals surface area contributed by atoms with Crippen LogP contribution in [0.25, 0.3) is 11.0 Å². The molecule has 1 fully saturated rings. The summed E-state index contributed by atoms with van der Waals surface area (Å²) < 4.78 is 16.9. The lowest BCUT2D eigenvalue weighted by Gasteiger charge is -2.11. The van der Waals surface area contributed by atoms with E-state index in [1.807, 2.05) is 18.2 Å². The van der Waals surface area contributed by atoms with Crippen molar-refractivity contribution in [2.24, 2.45) is 0 Å². The van der Waals surface area contributed by atoms with Gasteiger partial charge >= 0.3 is 5.97 Å². The SMILES string of the molecule is Cc1oc2cc(OC(=O)[C@H]3CCCN3)ccc2c(=O)c1Oc1ccccc1. The summed E-state index contributed by atoms with van der Waals surface area (Å²) >= 11 is 0. The second-order valence-corrected chi connectivity index (χ2v) is 6.46. The fourth-order valence-electron chi connectivity index (χ4n) is 3.13. The van der Waals surface area contributed by atoms with E-state index in [0.717, 1.165) is 19.4 Å². The Morgan fingerprint density at radius 2 is 1.96 bits per heavy atom. The third kappa shape index (κ3) is 3.57. The second-order valence-electron chi connectivity index (χ2n) is 6.46. The van der Waals surface area contributed by atoms with E-state index in [1.165, 1.54) is 0 Å². The topological polar surface area (TPSA) is 77.8 Å². The van der Waals surface area contributed by atoms with Crippen LogP contribution in [0.15, 0.2) is 57.7 Å². The second kappa shape index (κ2) is 7.25. The van der Waals surface area contributed by atoms with Gasteiger partial charge in [0.2, 0.25) is 11.2 Å². The number of hydrogen-bond donors (Lipinski definition) is 1. The van der Waals surface area contributed by atoms with Gasteiger partial charge in [-0.05, 0) is 50.6 Å². The van der Waals surface area contributed by atoms with E-state index in [1.54, 1.807) is 37.3 Å². The zero-order chi connectivity index (χ0) is 18.8. The maximum absolute atomic E-state index is 12.8. The largest absolute Gasteiger partial charge is 0.457 e. The predicted molar refractivity (Wildman–Crippen MR) is 100 cm³/mol. The highest BCUT2D eigenvalue weighted by Gasteiger charge is 2.24. The summed E-state index contributed by atoms with van der Waals surface area (Å²) in [4.78, 5) is 24.9. The average molecular weight is 365 g/mol. The Balaban J connectivity index is 1.64. The standard InChI is InChI=1S/C21H19NO5/c1-13-20(26-14-6-3-2-4-7-14)19(23)16-10-9-15(12-18(16)25-13)27-21(24)17-8-5-11-22-17/h2-4,6-7,9-10,12,17,22H,5,8,11H2,1H3/t17-/m1/s1. The van der Waals surface area contributed by atoms with Gasteiger partial charge in [0.05, 0.1) is 5.39 Å². The Kier molecular flexibility index (Phi) is 4.64. The molecular formula is C21H19NO5. The third-order valence-corrected chi connectivity index (χ3v) is 4.51. The van der Waals surface area contributed by atoms with Gasteiger partial charge in [0.1, 0.15) is 28.9 Å². The monoisotopic (exact) mass is 365 g/mol. The molecule has 0 aliphatic carbocycles. The minimum atomic E-state index is -0.324. The molecule has 1 saturated heterocycles. The lowest BCUT2D eigenvalue weighted by molar-refractivity contribution is -0.136. The fourth-order valence-corrected chi connectivity index (χ4v) is 3.13. The highest BCUT2D eigenvalue weighted by Crippen LogP contribution is 2.27. The van der Waals surface area contributed by atoms with Crippen LogP contribution in [0, 0.1) is 6.92 Å². The molecule has 6 heteroatoms. The lowest BCUT2D eigenvalue weighted by Crippen LogP contribution is -2.34. The van der Waals surface area contributed by atoms with Gasteiger partial charge in [-0.2, -0.15) is 0 Å². The first-order chi connectivity index (χ1) is 13.1. The molecule has 2 aromatic carbocycles. The van der Waals surface area contributed by atoms with E-state index in [9.17, 15) is 9.59 Å². The van der Waals surface area contributed by atoms with Gasteiger partial charge in [-0.15, -0.1) is 0 Å². The number of para-hydroxylation sites is 1. The van der Waals surface area contributed by atoms with Crippen LogP contribution in [0.4, 0.5) is 0 Å². The molecule has 1 aliphatic rings. The molecular weight excluding hydrogens is 346 g/mol. The molecule has 0 spiro atoms. The molecule has 2 heterocycles. The average Bonchev–Trinajstić information content (AvgIpc) is 3.21. The molecule has 1 atom stereocenters. The van der Waals surface area contributed by atoms with Gasteiger partial charge in [0, 0.05) is 6.07 Å². The number of esters is 1. The van der Waals surface area contributed by atoms with Gasteiger partial charge in [0.25, 0.3) is 0 Å². The number of fused-ring (bicyclic) bond motifs is 1. The van der Waals surface area contributed by atoms with Crippen LogP contribution < -0.4 is 20.2 Å². The first-order valence-electron chi connectivity index (χ1n) is 8.87. The van der Waals surface area contributed by atoms with Crippen LogP contribution in [-0.4, -0.2) is 18.6 Å². The Hall–Kier alpha value is -3.12. The lowest BCUT2D eigenvalue weighted by atomic mass is 10.2. The number of benzene rings is 2. The number of hydrogen-bond acceptors (Lipinski definition) is 6. The highest BCUT2D eigenvalue weighted by atomic mass is 16.5. The van der Waals surface area contributed by atoms with Crippen LogP contribution in [0.2, 0.25) is 0 Å². The van der Waals surface area contributed by atoms with E-state index in [0.29, 0.717) is 28.2 Å². The molecule has 3 aromatic rings. The predicted octanol–water partition coefficient (Wildman–Crippen LogP) is 3.55. The summed E-state index contributed by atoms with van der Waals surface area (Å²) in [7, 11) is 0. The van der Waals surface area contributed by atoms with E-state index < -0.39 is 0 Å². The molecule has 0 amide bonds. The molecule has 1 aliphatic heterocycles. The summed E-state index contributed by atoms with van der Waals surface area (Å²) in [5.74, 6) is 1.09. The summed E-state index contributed by atoms with van der Waals surface area (Å²) in [5, 5.41) is 3.46. The molecule has 1 N–H and O–H groups in total. The van der Waals surface area contributed by atoms with Gasteiger partial charge in [-0.3, -0.25) is 4.79 Å². The molecule has 0 radical (unpaired) electrons. The van der Waals surface area contributed by atoms with Crippen LogP contribution in [0.3, 0.4) is 0 Å². The molecule has 138 valence electrons. The summed E-state index contributed by atoms with van der Waals surface area (Å²) in [6, 6.07) is 13.5. The van der Waals surface area contributed by atoms with Crippen molar-refractivity contribution in [3.05, 3.63) is 64.5 Å². The van der Waals surface area contributed by atoms with Crippen LogP contribution in [-0.2, 0) is 4.79 Å². The number of rotatable bonds is 4. The molecule has 6 nitrogen and oxygen atoms in total. The maximum Gasteiger partial charge on any atom is 0.328 e. The fraction of sp³-hybridized carbons (Fsp3) is 0.238. The molecule has 0 unspecified atom stereocenters. The molecule has 4 rings (SSSR count). The Morgan fingerprint density at radius 1 is 1.15 bits per heavy atom. The minimum absolute atomic E-state index is 0.147. The number of aryl methyl sites for hydroxylation is 1. The normalized spacial score (nSPS) is 16.4. The van der Waals surface area contributed by atoms with Crippen LogP contribution >= 0.6 is 0 Å². The first-order valence-corrected chi connectivity index (χ1v) is 8.87. The molecule has 27 heavy (non-hydrogen) atoms. The number of nitrogens with one attached hydrogen (secondary N) is 1. The number of carbonyl (C=O) groups is 1.